The third-order valence-electron chi connectivity index (χ3n) is 4.25. The van der Waals surface area contributed by atoms with Crippen LogP contribution in [0.5, 0.6) is 5.75 Å². The Morgan fingerprint density at radius 2 is 2.38 bits per heavy atom. The Labute approximate surface area is 122 Å². The maximum absolute atomic E-state index is 11.3. The Morgan fingerprint density at radius 1 is 1.57 bits per heavy atom. The molecule has 1 saturated carbocycles. The van der Waals surface area contributed by atoms with Crippen LogP contribution >= 0.6 is 0 Å². The summed E-state index contributed by atoms with van der Waals surface area (Å²) in [5, 5.41) is 14.5. The van der Waals surface area contributed by atoms with Gasteiger partial charge in [0.25, 0.3) is 0 Å². The largest absolute Gasteiger partial charge is 0.487 e. The van der Waals surface area contributed by atoms with Crippen LogP contribution < -0.4 is 15.8 Å². The zero-order chi connectivity index (χ0) is 15.0. The SMILES string of the molecule is CCOc1cccc(NC2C(N)C3CCOC32)c1[N+](=O)[O-]. The smallest absolute Gasteiger partial charge is 0.333 e. The number of hydrogen-bond acceptors (Lipinski definition) is 6. The third-order valence-corrected chi connectivity index (χ3v) is 4.25. The summed E-state index contributed by atoms with van der Waals surface area (Å²) >= 11 is 0. The molecule has 0 radical (unpaired) electrons. The predicted octanol–water partition coefficient (Wildman–Crippen LogP) is 1.52. The number of hydrogen-bond donors (Lipinski definition) is 2. The fourth-order valence-electron chi connectivity index (χ4n) is 3.21. The molecule has 7 heteroatoms. The zero-order valence-electron chi connectivity index (χ0n) is 11.8. The summed E-state index contributed by atoms with van der Waals surface area (Å²) in [6, 6.07) is 4.89. The van der Waals surface area contributed by atoms with Gasteiger partial charge in [-0.05, 0) is 25.5 Å². The highest BCUT2D eigenvalue weighted by Gasteiger charge is 2.52. The average molecular weight is 293 g/mol. The second-order valence-corrected chi connectivity index (χ2v) is 5.38. The second kappa shape index (κ2) is 5.50. The van der Waals surface area contributed by atoms with Gasteiger partial charge in [0.15, 0.2) is 5.75 Å². The van der Waals surface area contributed by atoms with Crippen molar-refractivity contribution in [3.05, 3.63) is 28.3 Å². The maximum Gasteiger partial charge on any atom is 0.333 e. The van der Waals surface area contributed by atoms with Crippen LogP contribution in [0.2, 0.25) is 0 Å². The molecule has 0 amide bonds. The molecule has 1 aliphatic carbocycles. The van der Waals surface area contributed by atoms with Crippen LogP contribution in [0.3, 0.4) is 0 Å². The van der Waals surface area contributed by atoms with Gasteiger partial charge in [0.2, 0.25) is 0 Å². The van der Waals surface area contributed by atoms with E-state index in [0.717, 1.165) is 6.42 Å². The second-order valence-electron chi connectivity index (χ2n) is 5.38. The maximum atomic E-state index is 11.3. The quantitative estimate of drug-likeness (QED) is 0.630. The lowest BCUT2D eigenvalue weighted by molar-refractivity contribution is -0.385. The van der Waals surface area contributed by atoms with Gasteiger partial charge in [0, 0.05) is 18.6 Å². The molecule has 3 N–H and O–H groups in total. The van der Waals surface area contributed by atoms with Crippen LogP contribution in [0.25, 0.3) is 0 Å². The fourth-order valence-corrected chi connectivity index (χ4v) is 3.21. The number of anilines is 1. The van der Waals surface area contributed by atoms with Gasteiger partial charge in [0.1, 0.15) is 5.69 Å². The molecule has 2 fully saturated rings. The molecular weight excluding hydrogens is 274 g/mol. The van der Waals surface area contributed by atoms with Crippen molar-refractivity contribution in [1.29, 1.82) is 0 Å². The van der Waals surface area contributed by atoms with Crippen LogP contribution in [0, 0.1) is 16.0 Å². The van der Waals surface area contributed by atoms with E-state index < -0.39 is 4.92 Å². The van der Waals surface area contributed by atoms with E-state index in [2.05, 4.69) is 5.32 Å². The topological polar surface area (TPSA) is 99.7 Å². The molecule has 0 aromatic heterocycles. The Kier molecular flexibility index (Phi) is 3.69. The van der Waals surface area contributed by atoms with E-state index in [9.17, 15) is 10.1 Å². The third kappa shape index (κ3) is 2.32. The lowest BCUT2D eigenvalue weighted by atomic mass is 9.72. The van der Waals surface area contributed by atoms with Crippen molar-refractivity contribution in [2.75, 3.05) is 18.5 Å². The summed E-state index contributed by atoms with van der Waals surface area (Å²) in [5.74, 6) is 0.626. The van der Waals surface area contributed by atoms with Gasteiger partial charge in [-0.2, -0.15) is 0 Å². The van der Waals surface area contributed by atoms with Gasteiger partial charge >= 0.3 is 5.69 Å². The number of nitro groups is 1. The predicted molar refractivity (Wildman–Crippen MR) is 77.5 cm³/mol. The Hall–Kier alpha value is -1.86. The van der Waals surface area contributed by atoms with Crippen LogP contribution in [-0.4, -0.2) is 36.3 Å². The highest BCUT2D eigenvalue weighted by atomic mass is 16.6. The van der Waals surface area contributed by atoms with E-state index in [1.54, 1.807) is 25.1 Å². The van der Waals surface area contributed by atoms with Crippen LogP contribution in [-0.2, 0) is 4.74 Å². The minimum atomic E-state index is -0.426. The van der Waals surface area contributed by atoms with Crippen LogP contribution in [0.15, 0.2) is 18.2 Å². The van der Waals surface area contributed by atoms with E-state index in [1.165, 1.54) is 0 Å². The van der Waals surface area contributed by atoms with E-state index >= 15 is 0 Å². The molecule has 4 unspecified atom stereocenters. The monoisotopic (exact) mass is 293 g/mol. The zero-order valence-corrected chi connectivity index (χ0v) is 11.8. The molecular formula is C14H19N3O4. The number of nitrogens with one attached hydrogen (secondary N) is 1. The first-order chi connectivity index (χ1) is 10.1. The molecule has 1 aromatic rings. The van der Waals surface area contributed by atoms with E-state index in [-0.39, 0.29) is 29.6 Å². The average Bonchev–Trinajstić information content (AvgIpc) is 2.89. The fraction of sp³-hybridized carbons (Fsp3) is 0.571. The lowest BCUT2D eigenvalue weighted by Gasteiger charge is -2.46. The highest BCUT2D eigenvalue weighted by molar-refractivity contribution is 5.69. The van der Waals surface area contributed by atoms with Crippen molar-refractivity contribution in [3.63, 3.8) is 0 Å². The van der Waals surface area contributed by atoms with Gasteiger partial charge in [-0.1, -0.05) is 6.07 Å². The van der Waals surface area contributed by atoms with Gasteiger partial charge in [-0.25, -0.2) is 0 Å². The number of benzene rings is 1. The summed E-state index contributed by atoms with van der Waals surface area (Å²) in [4.78, 5) is 10.9. The van der Waals surface area contributed by atoms with E-state index in [1.807, 2.05) is 0 Å². The minimum absolute atomic E-state index is 0.0344. The Morgan fingerprint density at radius 3 is 3.10 bits per heavy atom. The molecule has 114 valence electrons. The number of fused-ring (bicyclic) bond motifs is 1. The summed E-state index contributed by atoms with van der Waals surface area (Å²) in [7, 11) is 0. The number of nitro benzene ring substituents is 1. The molecule has 3 rings (SSSR count). The van der Waals surface area contributed by atoms with Gasteiger partial charge in [-0.15, -0.1) is 0 Å². The summed E-state index contributed by atoms with van der Waals surface area (Å²) in [6.45, 7) is 2.88. The first kappa shape index (κ1) is 14.1. The molecule has 1 saturated heterocycles. The van der Waals surface area contributed by atoms with E-state index in [4.69, 9.17) is 15.2 Å². The van der Waals surface area contributed by atoms with Crippen molar-refractivity contribution in [1.82, 2.24) is 0 Å². The van der Waals surface area contributed by atoms with Crippen molar-refractivity contribution in [3.8, 4) is 5.75 Å². The molecule has 4 atom stereocenters. The Balaban J connectivity index is 1.85. The first-order valence-corrected chi connectivity index (χ1v) is 7.17. The molecule has 0 spiro atoms. The molecule has 1 aromatic carbocycles. The number of rotatable bonds is 5. The molecule has 21 heavy (non-hydrogen) atoms. The molecule has 1 heterocycles. The normalized spacial score (nSPS) is 30.4. The molecule has 2 aliphatic rings. The van der Waals surface area contributed by atoms with Crippen molar-refractivity contribution >= 4 is 11.4 Å². The summed E-state index contributed by atoms with van der Waals surface area (Å²) < 4.78 is 11.0. The standard InChI is InChI=1S/C14H19N3O4/c1-2-20-10-5-3-4-9(13(10)17(18)19)16-12-11(15)8-6-7-21-14(8)12/h3-5,8,11-12,14,16H,2,6-7,15H2,1H3. The highest BCUT2D eigenvalue weighted by Crippen LogP contribution is 2.42. The molecule has 7 nitrogen and oxygen atoms in total. The summed E-state index contributed by atoms with van der Waals surface area (Å²) in [5.41, 5.74) is 6.52. The first-order valence-electron chi connectivity index (χ1n) is 7.17. The van der Waals surface area contributed by atoms with Gasteiger partial charge < -0.3 is 20.5 Å². The lowest BCUT2D eigenvalue weighted by Crippen LogP contribution is -2.65. The van der Waals surface area contributed by atoms with E-state index in [0.29, 0.717) is 24.8 Å². The Bertz CT molecular complexity index is 551. The van der Waals surface area contributed by atoms with Crippen molar-refractivity contribution in [2.45, 2.75) is 31.5 Å². The van der Waals surface area contributed by atoms with Crippen molar-refractivity contribution < 1.29 is 14.4 Å². The van der Waals surface area contributed by atoms with Gasteiger partial charge in [-0.3, -0.25) is 10.1 Å². The summed E-state index contributed by atoms with van der Waals surface area (Å²) in [6.07, 6.45) is 1.01. The van der Waals surface area contributed by atoms with Gasteiger partial charge in [0.05, 0.1) is 23.7 Å². The molecule has 1 aliphatic heterocycles. The van der Waals surface area contributed by atoms with Crippen LogP contribution in [0.4, 0.5) is 11.4 Å². The number of nitrogens with zero attached hydrogens (tertiary/aromatic N) is 1. The van der Waals surface area contributed by atoms with Crippen LogP contribution in [0.1, 0.15) is 13.3 Å². The number of nitrogens with two attached hydrogens (primary N) is 1. The minimum Gasteiger partial charge on any atom is -0.487 e. The van der Waals surface area contributed by atoms with Crippen molar-refractivity contribution in [2.24, 2.45) is 11.7 Å². The number of ether oxygens (including phenoxy) is 2. The molecule has 0 bridgehead atoms. The number of para-hydroxylation sites is 1.